The number of aromatic nitrogens is 1. The number of hydrogen-bond acceptors (Lipinski definition) is 4. The number of nitrogens with one attached hydrogen (secondary N) is 3. The van der Waals surface area contributed by atoms with Gasteiger partial charge in [-0.3, -0.25) is 0 Å². The average molecular weight is 312 g/mol. The van der Waals surface area contributed by atoms with E-state index in [1.807, 2.05) is 6.07 Å². The molecule has 1 aliphatic rings. The second-order valence-electron chi connectivity index (χ2n) is 5.49. The predicted octanol–water partition coefficient (Wildman–Crippen LogP) is 2.51. The van der Waals surface area contributed by atoms with E-state index in [9.17, 15) is 9.90 Å². The predicted molar refractivity (Wildman–Crippen MR) is 89.9 cm³/mol. The summed E-state index contributed by atoms with van der Waals surface area (Å²) in [6.07, 6.45) is 2.86. The normalized spacial score (nSPS) is 12.9. The lowest BCUT2D eigenvalue weighted by Crippen LogP contribution is -2.30. The van der Waals surface area contributed by atoms with E-state index in [1.165, 1.54) is 11.6 Å². The van der Waals surface area contributed by atoms with Crippen molar-refractivity contribution in [2.75, 3.05) is 23.7 Å². The second kappa shape index (κ2) is 7.00. The van der Waals surface area contributed by atoms with Gasteiger partial charge in [0.1, 0.15) is 11.6 Å². The van der Waals surface area contributed by atoms with Crippen LogP contribution in [0.1, 0.15) is 17.7 Å². The fourth-order valence-corrected chi connectivity index (χ4v) is 2.56. The van der Waals surface area contributed by atoms with Crippen molar-refractivity contribution >= 4 is 17.5 Å². The molecular weight excluding hydrogens is 292 g/mol. The highest BCUT2D eigenvalue weighted by atomic mass is 16.3. The molecule has 6 nitrogen and oxygen atoms in total. The first-order chi connectivity index (χ1) is 11.2. The van der Waals surface area contributed by atoms with E-state index in [4.69, 9.17) is 0 Å². The van der Waals surface area contributed by atoms with Gasteiger partial charge in [0.25, 0.3) is 0 Å². The number of rotatable bonds is 4. The Morgan fingerprint density at radius 2 is 2.13 bits per heavy atom. The van der Waals surface area contributed by atoms with Gasteiger partial charge in [-0.1, -0.05) is 18.2 Å². The number of urea groups is 1. The van der Waals surface area contributed by atoms with Gasteiger partial charge < -0.3 is 21.1 Å². The Kier molecular flexibility index (Phi) is 4.61. The standard InChI is InChI=1S/C17H20N4O2/c22-15-6-2-1-5-14(15)21-17(23)19-11-9-13-8-7-12-4-3-10-18-16(12)20-13/h1-2,5-8,22H,3-4,9-11H2,(H,18,20)(H2,19,21,23). The van der Waals surface area contributed by atoms with E-state index in [0.29, 0.717) is 18.7 Å². The number of aryl methyl sites for hydroxylation is 1. The van der Waals surface area contributed by atoms with Gasteiger partial charge in [-0.15, -0.1) is 0 Å². The average Bonchev–Trinajstić information content (AvgIpc) is 2.57. The van der Waals surface area contributed by atoms with Crippen molar-refractivity contribution in [3.63, 3.8) is 0 Å². The van der Waals surface area contributed by atoms with Crippen LogP contribution in [0.5, 0.6) is 5.75 Å². The molecule has 4 N–H and O–H groups in total. The summed E-state index contributed by atoms with van der Waals surface area (Å²) in [5, 5.41) is 18.3. The van der Waals surface area contributed by atoms with E-state index >= 15 is 0 Å². The lowest BCUT2D eigenvalue weighted by atomic mass is 10.1. The number of phenols is 1. The summed E-state index contributed by atoms with van der Waals surface area (Å²) in [5.41, 5.74) is 2.59. The monoisotopic (exact) mass is 312 g/mol. The number of hydrogen-bond donors (Lipinski definition) is 4. The van der Waals surface area contributed by atoms with Gasteiger partial charge >= 0.3 is 6.03 Å². The number of nitrogens with zero attached hydrogens (tertiary/aromatic N) is 1. The molecular formula is C17H20N4O2. The van der Waals surface area contributed by atoms with E-state index < -0.39 is 0 Å². The van der Waals surface area contributed by atoms with E-state index in [-0.39, 0.29) is 11.8 Å². The summed E-state index contributed by atoms with van der Waals surface area (Å²) in [7, 11) is 0. The van der Waals surface area contributed by atoms with Crippen LogP contribution < -0.4 is 16.0 Å². The van der Waals surface area contributed by atoms with Gasteiger partial charge in [0, 0.05) is 25.2 Å². The smallest absolute Gasteiger partial charge is 0.319 e. The number of aromatic hydroxyl groups is 1. The molecule has 3 rings (SSSR count). The molecule has 120 valence electrons. The van der Waals surface area contributed by atoms with Crippen molar-refractivity contribution in [2.45, 2.75) is 19.3 Å². The lowest BCUT2D eigenvalue weighted by molar-refractivity contribution is 0.252. The molecule has 0 bridgehead atoms. The SMILES string of the molecule is O=C(NCCc1ccc2c(n1)NCCC2)Nc1ccccc1O. The maximum absolute atomic E-state index is 11.8. The molecule has 6 heteroatoms. The topological polar surface area (TPSA) is 86.3 Å². The molecule has 2 heterocycles. The van der Waals surface area contributed by atoms with Gasteiger partial charge in [-0.25, -0.2) is 9.78 Å². The van der Waals surface area contributed by atoms with Crippen LogP contribution in [0.4, 0.5) is 16.3 Å². The highest BCUT2D eigenvalue weighted by Gasteiger charge is 2.10. The van der Waals surface area contributed by atoms with Gasteiger partial charge in [0.2, 0.25) is 0 Å². The Bertz CT molecular complexity index is 703. The first-order valence-electron chi connectivity index (χ1n) is 7.78. The molecule has 0 spiro atoms. The van der Waals surface area contributed by atoms with Crippen LogP contribution in [-0.4, -0.2) is 29.2 Å². The van der Waals surface area contributed by atoms with Crippen molar-refractivity contribution in [2.24, 2.45) is 0 Å². The number of phenolic OH excluding ortho intramolecular Hbond substituents is 1. The van der Waals surface area contributed by atoms with Gasteiger partial charge in [0.05, 0.1) is 5.69 Å². The third-order valence-electron chi connectivity index (χ3n) is 3.77. The zero-order chi connectivity index (χ0) is 16.1. The highest BCUT2D eigenvalue weighted by molar-refractivity contribution is 5.90. The summed E-state index contributed by atoms with van der Waals surface area (Å²) in [5.74, 6) is 1.01. The highest BCUT2D eigenvalue weighted by Crippen LogP contribution is 2.21. The molecule has 1 aliphatic heterocycles. The maximum atomic E-state index is 11.8. The van der Waals surface area contributed by atoms with Crippen molar-refractivity contribution in [3.8, 4) is 5.75 Å². The molecule has 0 saturated carbocycles. The van der Waals surface area contributed by atoms with Crippen LogP contribution >= 0.6 is 0 Å². The van der Waals surface area contributed by atoms with Gasteiger partial charge in [-0.2, -0.15) is 0 Å². The fraction of sp³-hybridized carbons (Fsp3) is 0.294. The Morgan fingerprint density at radius 1 is 1.26 bits per heavy atom. The first-order valence-corrected chi connectivity index (χ1v) is 7.78. The van der Waals surface area contributed by atoms with Gasteiger partial charge in [-0.05, 0) is 36.6 Å². The van der Waals surface area contributed by atoms with E-state index in [2.05, 4.69) is 27.0 Å². The molecule has 2 amide bonds. The largest absolute Gasteiger partial charge is 0.506 e. The number of pyridine rings is 1. The van der Waals surface area contributed by atoms with Gasteiger partial charge in [0.15, 0.2) is 0 Å². The zero-order valence-corrected chi connectivity index (χ0v) is 12.8. The quantitative estimate of drug-likeness (QED) is 0.653. The minimum atomic E-state index is -0.345. The first kappa shape index (κ1) is 15.1. The summed E-state index contributed by atoms with van der Waals surface area (Å²) in [4.78, 5) is 16.4. The summed E-state index contributed by atoms with van der Waals surface area (Å²) >= 11 is 0. The van der Waals surface area contributed by atoms with Crippen LogP contribution in [0, 0.1) is 0 Å². The number of benzene rings is 1. The van der Waals surface area contributed by atoms with Crippen LogP contribution in [0.2, 0.25) is 0 Å². The third-order valence-corrected chi connectivity index (χ3v) is 3.77. The van der Waals surface area contributed by atoms with Crippen molar-refractivity contribution in [1.29, 1.82) is 0 Å². The number of anilines is 2. The Morgan fingerprint density at radius 3 is 3.00 bits per heavy atom. The van der Waals surface area contributed by atoms with Crippen LogP contribution in [0.3, 0.4) is 0 Å². The van der Waals surface area contributed by atoms with E-state index in [0.717, 1.165) is 30.9 Å². The number of fused-ring (bicyclic) bond motifs is 1. The van der Waals surface area contributed by atoms with Crippen molar-refractivity contribution in [1.82, 2.24) is 10.3 Å². The molecule has 0 aliphatic carbocycles. The summed E-state index contributed by atoms with van der Waals surface area (Å²) in [6, 6.07) is 10.4. The Balaban J connectivity index is 1.49. The summed E-state index contributed by atoms with van der Waals surface area (Å²) in [6.45, 7) is 1.44. The minimum Gasteiger partial charge on any atom is -0.506 e. The Labute approximate surface area is 134 Å². The van der Waals surface area contributed by atoms with Crippen LogP contribution in [-0.2, 0) is 12.8 Å². The van der Waals surface area contributed by atoms with E-state index in [1.54, 1.807) is 18.2 Å². The number of amides is 2. The molecule has 0 atom stereocenters. The lowest BCUT2D eigenvalue weighted by Gasteiger charge is -2.17. The molecule has 0 saturated heterocycles. The minimum absolute atomic E-state index is 0.0464. The molecule has 0 fully saturated rings. The molecule has 1 aromatic heterocycles. The molecule has 0 radical (unpaired) electrons. The molecule has 0 unspecified atom stereocenters. The number of carbonyl (C=O) groups is 1. The number of carbonyl (C=O) groups excluding carboxylic acids is 1. The number of para-hydroxylation sites is 2. The molecule has 1 aromatic carbocycles. The molecule has 23 heavy (non-hydrogen) atoms. The summed E-state index contributed by atoms with van der Waals surface area (Å²) < 4.78 is 0. The van der Waals surface area contributed by atoms with Crippen LogP contribution in [0.25, 0.3) is 0 Å². The molecule has 2 aromatic rings. The second-order valence-corrected chi connectivity index (χ2v) is 5.49. The van der Waals surface area contributed by atoms with Crippen molar-refractivity contribution < 1.29 is 9.90 Å². The van der Waals surface area contributed by atoms with Crippen molar-refractivity contribution in [3.05, 3.63) is 47.7 Å². The maximum Gasteiger partial charge on any atom is 0.319 e. The zero-order valence-electron chi connectivity index (χ0n) is 12.8. The van der Waals surface area contributed by atoms with Crippen LogP contribution in [0.15, 0.2) is 36.4 Å². The third kappa shape index (κ3) is 3.91. The fourth-order valence-electron chi connectivity index (χ4n) is 2.56. The Hall–Kier alpha value is -2.76.